The molecule has 6 rings (SSSR count). The zero-order chi connectivity index (χ0) is 32.9. The van der Waals surface area contributed by atoms with Crippen molar-refractivity contribution in [1.29, 1.82) is 0 Å². The first-order valence-corrected chi connectivity index (χ1v) is 16.4. The van der Waals surface area contributed by atoms with Crippen molar-refractivity contribution in [2.24, 2.45) is 34.0 Å². The van der Waals surface area contributed by atoms with Crippen LogP contribution in [0.2, 0.25) is 0 Å². The molecule has 8 atom stereocenters. The van der Waals surface area contributed by atoms with Gasteiger partial charge in [0, 0.05) is 17.8 Å². The van der Waals surface area contributed by atoms with Crippen molar-refractivity contribution in [3.63, 3.8) is 0 Å². The van der Waals surface area contributed by atoms with Gasteiger partial charge in [0.1, 0.15) is 30.3 Å². The summed E-state index contributed by atoms with van der Waals surface area (Å²) < 4.78 is 29.2. The summed E-state index contributed by atoms with van der Waals surface area (Å²) in [6.45, 7) is 10.5. The second-order valence-corrected chi connectivity index (χ2v) is 14.5. The van der Waals surface area contributed by atoms with Crippen molar-refractivity contribution in [2.75, 3.05) is 20.8 Å². The van der Waals surface area contributed by atoms with Crippen molar-refractivity contribution in [3.05, 3.63) is 71.8 Å². The molecule has 0 unspecified atom stereocenters. The van der Waals surface area contributed by atoms with Crippen LogP contribution in [0, 0.1) is 34.0 Å². The lowest BCUT2D eigenvalue weighted by Gasteiger charge is -2.66. The zero-order valence-corrected chi connectivity index (χ0v) is 27.6. The van der Waals surface area contributed by atoms with Gasteiger partial charge in [0.15, 0.2) is 0 Å². The van der Waals surface area contributed by atoms with Crippen LogP contribution in [-0.2, 0) is 19.0 Å². The van der Waals surface area contributed by atoms with E-state index >= 15 is 0 Å². The van der Waals surface area contributed by atoms with Crippen LogP contribution in [0.4, 0.5) is 0 Å². The van der Waals surface area contributed by atoms with Gasteiger partial charge in [-0.2, -0.15) is 0 Å². The number of hydrogen-bond donors (Lipinski definition) is 0. The van der Waals surface area contributed by atoms with Gasteiger partial charge in [-0.25, -0.2) is 9.59 Å². The third-order valence-corrected chi connectivity index (χ3v) is 12.2. The maximum atomic E-state index is 13.7. The van der Waals surface area contributed by atoms with E-state index in [2.05, 4.69) is 20.4 Å². The minimum absolute atomic E-state index is 0.0449. The van der Waals surface area contributed by atoms with Gasteiger partial charge in [0.25, 0.3) is 0 Å². The number of esters is 3. The topological polar surface area (TPSA) is 97.4 Å². The molecule has 2 aromatic carbocycles. The molecular weight excluding hydrogens is 584 g/mol. The lowest BCUT2D eigenvalue weighted by Crippen LogP contribution is -2.66. The Bertz CT molecular complexity index is 1500. The summed E-state index contributed by atoms with van der Waals surface area (Å²) in [4.78, 5) is 39.5. The average Bonchev–Trinajstić information content (AvgIpc) is 3.30. The Kier molecular flexibility index (Phi) is 8.45. The van der Waals surface area contributed by atoms with Crippen LogP contribution in [0.25, 0.3) is 0 Å². The summed E-state index contributed by atoms with van der Waals surface area (Å²) in [6, 6.07) is 13.9. The van der Waals surface area contributed by atoms with Gasteiger partial charge in [-0.15, -0.1) is 0 Å². The smallest absolute Gasteiger partial charge is 0.338 e. The third-order valence-electron chi connectivity index (χ3n) is 12.2. The Morgan fingerprint density at radius 2 is 1.37 bits per heavy atom. The fraction of sp³-hybridized carbons (Fsp3) is 0.553. The molecule has 4 aliphatic rings. The number of fused-ring (bicyclic) bond motifs is 3. The number of carbonyl (C=O) groups is 3. The van der Waals surface area contributed by atoms with Gasteiger partial charge in [0.05, 0.1) is 25.3 Å². The van der Waals surface area contributed by atoms with Crippen molar-refractivity contribution in [1.82, 2.24) is 0 Å². The van der Waals surface area contributed by atoms with Crippen molar-refractivity contribution >= 4 is 17.9 Å². The van der Waals surface area contributed by atoms with Crippen LogP contribution in [0.15, 0.2) is 60.7 Å². The van der Waals surface area contributed by atoms with Gasteiger partial charge in [-0.1, -0.05) is 26.0 Å². The molecule has 0 N–H and O–H groups in total. The first kappa shape index (κ1) is 32.1. The second-order valence-electron chi connectivity index (χ2n) is 14.5. The van der Waals surface area contributed by atoms with E-state index in [1.165, 1.54) is 12.5 Å². The number of benzene rings is 2. The van der Waals surface area contributed by atoms with E-state index in [1.54, 1.807) is 62.8 Å². The van der Waals surface area contributed by atoms with Crippen molar-refractivity contribution in [3.8, 4) is 11.5 Å². The molecule has 0 heterocycles. The summed E-state index contributed by atoms with van der Waals surface area (Å²) in [5.74, 6) is 0.833. The van der Waals surface area contributed by atoms with Gasteiger partial charge < -0.3 is 23.7 Å². The molecule has 1 spiro atoms. The van der Waals surface area contributed by atoms with Crippen LogP contribution in [0.5, 0.6) is 11.5 Å². The Hall–Kier alpha value is -3.81. The lowest BCUT2D eigenvalue weighted by molar-refractivity contribution is -0.232. The molecule has 2 bridgehead atoms. The van der Waals surface area contributed by atoms with Gasteiger partial charge in [-0.05, 0) is 117 Å². The van der Waals surface area contributed by atoms with Gasteiger partial charge in [0.2, 0.25) is 0 Å². The summed E-state index contributed by atoms with van der Waals surface area (Å²) in [5.41, 5.74) is 1.11. The monoisotopic (exact) mass is 630 g/mol. The molecule has 0 amide bonds. The third kappa shape index (κ3) is 5.37. The maximum Gasteiger partial charge on any atom is 0.338 e. The van der Waals surface area contributed by atoms with E-state index in [0.29, 0.717) is 41.4 Å². The van der Waals surface area contributed by atoms with E-state index in [9.17, 15) is 14.4 Å². The molecule has 0 saturated heterocycles. The number of ether oxygens (including phenoxy) is 5. The summed E-state index contributed by atoms with van der Waals surface area (Å²) in [6.07, 6.45) is 5.15. The molecule has 8 heteroatoms. The molecule has 4 fully saturated rings. The Morgan fingerprint density at radius 1 is 0.804 bits per heavy atom. The Balaban J connectivity index is 1.36. The normalized spacial score (nSPS) is 34.5. The summed E-state index contributed by atoms with van der Waals surface area (Å²) >= 11 is 0. The number of hydrogen-bond acceptors (Lipinski definition) is 8. The molecule has 8 nitrogen and oxygen atoms in total. The maximum absolute atomic E-state index is 13.7. The molecular formula is C38H46O8. The Morgan fingerprint density at radius 3 is 1.91 bits per heavy atom. The van der Waals surface area contributed by atoms with E-state index in [4.69, 9.17) is 23.7 Å². The van der Waals surface area contributed by atoms with E-state index in [1.807, 2.05) is 0 Å². The van der Waals surface area contributed by atoms with E-state index in [-0.39, 0.29) is 47.3 Å². The number of methoxy groups -OCH3 is 2. The van der Waals surface area contributed by atoms with Crippen molar-refractivity contribution < 1.29 is 38.1 Å². The van der Waals surface area contributed by atoms with E-state index in [0.717, 1.165) is 32.1 Å². The predicted molar refractivity (Wildman–Crippen MR) is 172 cm³/mol. The zero-order valence-electron chi connectivity index (χ0n) is 27.6. The minimum atomic E-state index is -0.709. The molecule has 0 aliphatic heterocycles. The number of allylic oxidation sites excluding steroid dienone is 1. The molecule has 4 aliphatic carbocycles. The largest absolute Gasteiger partial charge is 0.497 e. The summed E-state index contributed by atoms with van der Waals surface area (Å²) in [5, 5.41) is 0. The standard InChI is InChI=1S/C38H46O8/c1-23-20-38-21-27(23)11-16-30(38)36(3)18-17-32(45-34(40)25-7-12-28(42-5)13-8-25)37(4,22-44-24(2)39)31(36)19-33(38)46-35(41)26-9-14-29(43-6)15-10-26/h7-10,12-15,27,30-33H,1,11,16-22H2,2-6H3/t27-,30-,31+,32+,33-,36-,37+,38+/m0/s1. The van der Waals surface area contributed by atoms with Crippen LogP contribution in [0.3, 0.4) is 0 Å². The SMILES string of the molecule is C=C1C[C@@]23C[C@@H]1CC[C@H]2[C@]1(C)CC[C@@H](OC(=O)c2ccc(OC)cc2)[C@](C)(COC(C)=O)[C@@H]1C[C@@H]3OC(=O)c1ccc(OC)cc1. The molecule has 0 radical (unpaired) electrons. The molecule has 4 saturated carbocycles. The quantitative estimate of drug-likeness (QED) is 0.172. The van der Waals surface area contributed by atoms with E-state index < -0.39 is 17.5 Å². The fourth-order valence-electron chi connectivity index (χ4n) is 9.91. The highest BCUT2D eigenvalue weighted by atomic mass is 16.6. The van der Waals surface area contributed by atoms with Crippen LogP contribution in [0.1, 0.15) is 86.4 Å². The number of rotatable bonds is 8. The number of carbonyl (C=O) groups excluding carboxylic acids is 3. The van der Waals surface area contributed by atoms with Crippen LogP contribution >= 0.6 is 0 Å². The molecule has 2 aromatic rings. The van der Waals surface area contributed by atoms with Crippen LogP contribution in [-0.4, -0.2) is 50.9 Å². The summed E-state index contributed by atoms with van der Waals surface area (Å²) in [7, 11) is 3.17. The van der Waals surface area contributed by atoms with Crippen LogP contribution < -0.4 is 9.47 Å². The van der Waals surface area contributed by atoms with Gasteiger partial charge in [-0.3, -0.25) is 4.79 Å². The average molecular weight is 631 g/mol. The highest BCUT2D eigenvalue weighted by molar-refractivity contribution is 5.90. The molecule has 46 heavy (non-hydrogen) atoms. The molecule has 246 valence electrons. The highest BCUT2D eigenvalue weighted by Gasteiger charge is 2.70. The minimum Gasteiger partial charge on any atom is -0.497 e. The second kappa shape index (κ2) is 12.1. The lowest BCUT2D eigenvalue weighted by atomic mass is 9.40. The first-order chi connectivity index (χ1) is 21.9. The Labute approximate surface area is 271 Å². The predicted octanol–water partition coefficient (Wildman–Crippen LogP) is 7.21. The van der Waals surface area contributed by atoms with Gasteiger partial charge >= 0.3 is 17.9 Å². The van der Waals surface area contributed by atoms with Crippen molar-refractivity contribution in [2.45, 2.75) is 77.9 Å². The molecule has 0 aromatic heterocycles. The highest BCUT2D eigenvalue weighted by Crippen LogP contribution is 2.73. The fourth-order valence-corrected chi connectivity index (χ4v) is 9.91. The first-order valence-electron chi connectivity index (χ1n) is 16.4.